The molecule has 1 aliphatic carbocycles. The molecule has 1 saturated carbocycles. The zero-order valence-electron chi connectivity index (χ0n) is 15.2. The lowest BCUT2D eigenvalue weighted by Gasteiger charge is -2.55. The third-order valence-corrected chi connectivity index (χ3v) is 7.44. The van der Waals surface area contributed by atoms with Crippen molar-refractivity contribution in [2.75, 3.05) is 45.8 Å². The maximum atomic E-state index is 3.50. The van der Waals surface area contributed by atoms with Crippen LogP contribution in [-0.2, 0) is 0 Å². The van der Waals surface area contributed by atoms with E-state index in [-0.39, 0.29) is 0 Å². The van der Waals surface area contributed by atoms with Crippen LogP contribution in [-0.4, -0.2) is 61.7 Å². The molecule has 0 atom stereocenters. The predicted molar refractivity (Wildman–Crippen MR) is 96.7 cm³/mol. The summed E-state index contributed by atoms with van der Waals surface area (Å²) in [6.45, 7) is 11.9. The maximum Gasteiger partial charge on any atom is 0.00957 e. The standard InChI is InChI=1S/C20H37N3/c1-17-6-12-23(13-7-17)19-2-8-20(9-3-19)15-22(16-20)14-18-4-10-21-11-5-18/h17-19,21H,2-16H2,1H3. The van der Waals surface area contributed by atoms with Gasteiger partial charge in [0.05, 0.1) is 0 Å². The van der Waals surface area contributed by atoms with Gasteiger partial charge < -0.3 is 15.1 Å². The van der Waals surface area contributed by atoms with E-state index in [1.165, 1.54) is 97.2 Å². The molecule has 4 rings (SSSR count). The summed E-state index contributed by atoms with van der Waals surface area (Å²) >= 11 is 0. The van der Waals surface area contributed by atoms with Gasteiger partial charge in [0.2, 0.25) is 0 Å². The lowest BCUT2D eigenvalue weighted by Crippen LogP contribution is -2.60. The van der Waals surface area contributed by atoms with Crippen LogP contribution in [0.1, 0.15) is 58.3 Å². The molecule has 3 aliphatic heterocycles. The zero-order chi connectivity index (χ0) is 15.7. The first kappa shape index (κ1) is 16.4. The summed E-state index contributed by atoms with van der Waals surface area (Å²) in [5.41, 5.74) is 0.729. The van der Waals surface area contributed by atoms with E-state index in [2.05, 4.69) is 22.0 Å². The molecular weight excluding hydrogens is 282 g/mol. The summed E-state index contributed by atoms with van der Waals surface area (Å²) in [5.74, 6) is 1.94. The van der Waals surface area contributed by atoms with Crippen molar-refractivity contribution in [1.29, 1.82) is 0 Å². The van der Waals surface area contributed by atoms with E-state index >= 15 is 0 Å². The van der Waals surface area contributed by atoms with E-state index in [1.807, 2.05) is 0 Å². The first-order valence-electron chi connectivity index (χ1n) is 10.4. The molecule has 4 aliphatic rings. The normalized spacial score (nSPS) is 32.2. The van der Waals surface area contributed by atoms with Crippen LogP contribution in [0, 0.1) is 17.3 Å². The minimum absolute atomic E-state index is 0.729. The van der Waals surface area contributed by atoms with Crippen molar-refractivity contribution in [1.82, 2.24) is 15.1 Å². The Labute approximate surface area is 143 Å². The van der Waals surface area contributed by atoms with Gasteiger partial charge in [-0.3, -0.25) is 0 Å². The molecule has 0 radical (unpaired) electrons. The molecule has 3 saturated heterocycles. The summed E-state index contributed by atoms with van der Waals surface area (Å²) in [5, 5.41) is 3.50. The zero-order valence-corrected chi connectivity index (χ0v) is 15.2. The van der Waals surface area contributed by atoms with Crippen LogP contribution >= 0.6 is 0 Å². The van der Waals surface area contributed by atoms with Crippen molar-refractivity contribution >= 4 is 0 Å². The van der Waals surface area contributed by atoms with Gasteiger partial charge >= 0.3 is 0 Å². The van der Waals surface area contributed by atoms with Crippen molar-refractivity contribution in [2.45, 2.75) is 64.3 Å². The Morgan fingerprint density at radius 1 is 0.913 bits per heavy atom. The summed E-state index contributed by atoms with van der Waals surface area (Å²) in [7, 11) is 0. The smallest absolute Gasteiger partial charge is 0.00957 e. The Balaban J connectivity index is 1.19. The molecule has 0 amide bonds. The first-order chi connectivity index (χ1) is 11.2. The number of hydrogen-bond acceptors (Lipinski definition) is 3. The topological polar surface area (TPSA) is 18.5 Å². The highest BCUT2D eigenvalue weighted by Gasteiger charge is 2.46. The second kappa shape index (κ2) is 7.01. The molecule has 0 aromatic rings. The second-order valence-corrected chi connectivity index (χ2v) is 9.31. The van der Waals surface area contributed by atoms with Gasteiger partial charge in [0.15, 0.2) is 0 Å². The van der Waals surface area contributed by atoms with Crippen molar-refractivity contribution in [3.8, 4) is 0 Å². The van der Waals surface area contributed by atoms with Gasteiger partial charge in [-0.2, -0.15) is 0 Å². The molecule has 0 bridgehead atoms. The van der Waals surface area contributed by atoms with Crippen LogP contribution in [0.15, 0.2) is 0 Å². The number of nitrogens with one attached hydrogen (secondary N) is 1. The van der Waals surface area contributed by atoms with Gasteiger partial charge in [-0.15, -0.1) is 0 Å². The second-order valence-electron chi connectivity index (χ2n) is 9.31. The Morgan fingerprint density at radius 3 is 2.22 bits per heavy atom. The Kier molecular flexibility index (Phi) is 4.99. The van der Waals surface area contributed by atoms with Crippen LogP contribution in [0.3, 0.4) is 0 Å². The van der Waals surface area contributed by atoms with Gasteiger partial charge in [-0.05, 0) is 94.8 Å². The van der Waals surface area contributed by atoms with E-state index in [0.29, 0.717) is 0 Å². The molecule has 132 valence electrons. The number of rotatable bonds is 3. The highest BCUT2D eigenvalue weighted by Crippen LogP contribution is 2.45. The molecule has 3 nitrogen and oxygen atoms in total. The number of likely N-dealkylation sites (tertiary alicyclic amines) is 2. The van der Waals surface area contributed by atoms with E-state index in [9.17, 15) is 0 Å². The summed E-state index contributed by atoms with van der Waals surface area (Å²) in [6, 6.07) is 0.923. The van der Waals surface area contributed by atoms with Gasteiger partial charge in [0.25, 0.3) is 0 Å². The van der Waals surface area contributed by atoms with E-state index < -0.39 is 0 Å². The molecular formula is C20H37N3. The maximum absolute atomic E-state index is 3.50. The van der Waals surface area contributed by atoms with Gasteiger partial charge in [0.1, 0.15) is 0 Å². The molecule has 1 N–H and O–H groups in total. The van der Waals surface area contributed by atoms with Crippen molar-refractivity contribution in [3.63, 3.8) is 0 Å². The quantitative estimate of drug-likeness (QED) is 0.863. The van der Waals surface area contributed by atoms with Crippen molar-refractivity contribution in [3.05, 3.63) is 0 Å². The largest absolute Gasteiger partial charge is 0.317 e. The van der Waals surface area contributed by atoms with Gasteiger partial charge in [0, 0.05) is 25.7 Å². The molecule has 4 fully saturated rings. The van der Waals surface area contributed by atoms with Crippen molar-refractivity contribution in [2.24, 2.45) is 17.3 Å². The van der Waals surface area contributed by atoms with E-state index in [0.717, 1.165) is 23.3 Å². The van der Waals surface area contributed by atoms with E-state index in [4.69, 9.17) is 0 Å². The average molecular weight is 320 g/mol. The van der Waals surface area contributed by atoms with Crippen molar-refractivity contribution < 1.29 is 0 Å². The fourth-order valence-corrected chi connectivity index (χ4v) is 5.75. The molecule has 0 aromatic heterocycles. The fourth-order valence-electron chi connectivity index (χ4n) is 5.75. The Hall–Kier alpha value is -0.120. The van der Waals surface area contributed by atoms with Gasteiger partial charge in [-0.1, -0.05) is 6.92 Å². The van der Waals surface area contributed by atoms with Crippen LogP contribution in [0.2, 0.25) is 0 Å². The highest BCUT2D eigenvalue weighted by atomic mass is 15.2. The highest BCUT2D eigenvalue weighted by molar-refractivity contribution is 5.00. The minimum atomic E-state index is 0.729. The first-order valence-corrected chi connectivity index (χ1v) is 10.4. The number of hydrogen-bond donors (Lipinski definition) is 1. The van der Waals surface area contributed by atoms with Crippen LogP contribution in [0.25, 0.3) is 0 Å². The third-order valence-electron chi connectivity index (χ3n) is 7.44. The fraction of sp³-hybridized carbons (Fsp3) is 1.00. The average Bonchev–Trinajstić information content (AvgIpc) is 2.56. The summed E-state index contributed by atoms with van der Waals surface area (Å²) < 4.78 is 0. The van der Waals surface area contributed by atoms with Crippen LogP contribution in [0.5, 0.6) is 0 Å². The number of piperidine rings is 2. The molecule has 0 aromatic carbocycles. The van der Waals surface area contributed by atoms with E-state index in [1.54, 1.807) is 0 Å². The monoisotopic (exact) mass is 319 g/mol. The van der Waals surface area contributed by atoms with Crippen LogP contribution in [0.4, 0.5) is 0 Å². The lowest BCUT2D eigenvalue weighted by atomic mass is 9.66. The lowest BCUT2D eigenvalue weighted by molar-refractivity contribution is -0.0559. The molecule has 0 unspecified atom stereocenters. The van der Waals surface area contributed by atoms with Crippen LogP contribution < -0.4 is 5.32 Å². The number of nitrogens with zero attached hydrogens (tertiary/aromatic N) is 2. The Morgan fingerprint density at radius 2 is 1.57 bits per heavy atom. The third kappa shape index (κ3) is 3.77. The SMILES string of the molecule is CC1CCN(C2CCC3(CC2)CN(CC2CCNCC2)C3)CC1. The Bertz CT molecular complexity index is 366. The molecule has 1 spiro atoms. The predicted octanol–water partition coefficient (Wildman–Crippen LogP) is 2.96. The minimum Gasteiger partial charge on any atom is -0.317 e. The summed E-state index contributed by atoms with van der Waals surface area (Å²) in [6.07, 6.45) is 11.7. The molecule has 23 heavy (non-hydrogen) atoms. The van der Waals surface area contributed by atoms with Gasteiger partial charge in [-0.25, -0.2) is 0 Å². The summed E-state index contributed by atoms with van der Waals surface area (Å²) in [4.78, 5) is 5.61. The molecule has 3 heterocycles. The molecule has 3 heteroatoms.